The van der Waals surface area contributed by atoms with Crippen molar-refractivity contribution in [2.45, 2.75) is 63.1 Å². The lowest BCUT2D eigenvalue weighted by Crippen LogP contribution is -2.51. The summed E-state index contributed by atoms with van der Waals surface area (Å²) in [6.45, 7) is 5.83. The molecular formula is C30H30Cl2F2N4O3S. The summed E-state index contributed by atoms with van der Waals surface area (Å²) >= 11 is 13.6. The number of carbonyl (C=O) groups excluding carboxylic acids is 2. The zero-order chi connectivity index (χ0) is 30.8. The van der Waals surface area contributed by atoms with Crippen molar-refractivity contribution in [3.8, 4) is 6.07 Å². The minimum atomic E-state index is -1.79. The van der Waals surface area contributed by atoms with Crippen molar-refractivity contribution in [2.75, 3.05) is 7.11 Å². The Balaban J connectivity index is 1.91. The number of nitrogens with one attached hydrogen (secondary N) is 2. The number of esters is 1. The summed E-state index contributed by atoms with van der Waals surface area (Å²) in [5.74, 6) is -4.27. The van der Waals surface area contributed by atoms with Crippen LogP contribution in [0.3, 0.4) is 0 Å². The van der Waals surface area contributed by atoms with E-state index in [0.717, 1.165) is 6.07 Å². The van der Waals surface area contributed by atoms with Crippen LogP contribution in [0.5, 0.6) is 0 Å². The zero-order valence-electron chi connectivity index (χ0n) is 23.4. The summed E-state index contributed by atoms with van der Waals surface area (Å²) in [6.07, 6.45) is 0.357. The van der Waals surface area contributed by atoms with Crippen molar-refractivity contribution in [2.24, 2.45) is 5.41 Å². The Morgan fingerprint density at radius 1 is 1.26 bits per heavy atom. The molecule has 42 heavy (non-hydrogen) atoms. The molecular weight excluding hydrogens is 605 g/mol. The standard InChI is InChI=1S/C30H30Cl2F2N4O3S/c1-29(2,3)12-23-30(14-35,19-9-8-16(31)10-21(19)33)24(18-6-5-7-20(32)25(18)34)26(38-23)27(39)37-22(28(40)41-4)11-17-13-42-15-36-17/h5-10,13,15,22-24,26,38H,11-12H2,1-4H3,(H,37,39)/t22?,23-,24-,26+,30-/m1/s1. The van der Waals surface area contributed by atoms with Gasteiger partial charge in [0.05, 0.1) is 35.4 Å². The highest BCUT2D eigenvalue weighted by Crippen LogP contribution is 2.52. The zero-order valence-corrected chi connectivity index (χ0v) is 25.7. The van der Waals surface area contributed by atoms with Crippen LogP contribution in [0, 0.1) is 28.4 Å². The van der Waals surface area contributed by atoms with Crippen molar-refractivity contribution >= 4 is 46.4 Å². The molecule has 1 unspecified atom stereocenters. The first kappa shape index (κ1) is 31.8. The number of nitriles is 1. The number of hydrogen-bond acceptors (Lipinski definition) is 7. The van der Waals surface area contributed by atoms with Crippen LogP contribution in [-0.4, -0.2) is 42.1 Å². The summed E-state index contributed by atoms with van der Waals surface area (Å²) in [7, 11) is 1.20. The van der Waals surface area contributed by atoms with Gasteiger partial charge in [-0.05, 0) is 35.6 Å². The lowest BCUT2D eigenvalue weighted by Gasteiger charge is -2.37. The third-order valence-corrected chi connectivity index (χ3v) is 8.59. The molecule has 0 bridgehead atoms. The largest absolute Gasteiger partial charge is 0.467 e. The molecule has 4 rings (SSSR count). The lowest BCUT2D eigenvalue weighted by molar-refractivity contribution is -0.145. The molecule has 1 amide bonds. The fraction of sp³-hybridized carbons (Fsp3) is 0.400. The number of ether oxygens (including phenoxy) is 1. The highest BCUT2D eigenvalue weighted by molar-refractivity contribution is 7.07. The molecule has 1 aliphatic heterocycles. The van der Waals surface area contributed by atoms with Crippen LogP contribution in [0.25, 0.3) is 0 Å². The number of aromatic nitrogens is 1. The van der Waals surface area contributed by atoms with E-state index in [-0.39, 0.29) is 27.6 Å². The molecule has 2 aromatic carbocycles. The van der Waals surface area contributed by atoms with E-state index in [1.165, 1.54) is 48.8 Å². The van der Waals surface area contributed by atoms with Crippen LogP contribution in [0.2, 0.25) is 10.0 Å². The quantitative estimate of drug-likeness (QED) is 0.297. The van der Waals surface area contributed by atoms with Gasteiger partial charge in [0.15, 0.2) is 0 Å². The van der Waals surface area contributed by atoms with E-state index >= 15 is 8.78 Å². The second-order valence-corrected chi connectivity index (χ2v) is 13.0. The van der Waals surface area contributed by atoms with Crippen molar-refractivity contribution in [3.05, 3.63) is 85.8 Å². The Bertz CT molecular complexity index is 1510. The molecule has 1 aromatic heterocycles. The Kier molecular flexibility index (Phi) is 9.58. The number of carbonyl (C=O) groups is 2. The monoisotopic (exact) mass is 634 g/mol. The number of nitrogens with zero attached hydrogens (tertiary/aromatic N) is 2. The number of rotatable bonds is 8. The number of thiazole rings is 1. The first-order valence-corrected chi connectivity index (χ1v) is 14.8. The van der Waals surface area contributed by atoms with Crippen molar-refractivity contribution in [1.29, 1.82) is 5.26 Å². The van der Waals surface area contributed by atoms with Gasteiger partial charge in [-0.3, -0.25) is 4.79 Å². The molecule has 12 heteroatoms. The predicted octanol–water partition coefficient (Wildman–Crippen LogP) is 5.95. The summed E-state index contributed by atoms with van der Waals surface area (Å²) in [6, 6.07) is 7.29. The molecule has 1 saturated heterocycles. The van der Waals surface area contributed by atoms with Crippen LogP contribution < -0.4 is 10.6 Å². The molecule has 5 atom stereocenters. The van der Waals surface area contributed by atoms with Crippen LogP contribution in [0.1, 0.15) is 49.9 Å². The summed E-state index contributed by atoms with van der Waals surface area (Å²) in [5, 5.41) is 18.5. The van der Waals surface area contributed by atoms with Crippen LogP contribution in [0.4, 0.5) is 8.78 Å². The van der Waals surface area contributed by atoms with Crippen LogP contribution in [-0.2, 0) is 26.2 Å². The third-order valence-electron chi connectivity index (χ3n) is 7.43. The summed E-state index contributed by atoms with van der Waals surface area (Å²) in [5.41, 5.74) is -0.108. The average molecular weight is 636 g/mol. The van der Waals surface area contributed by atoms with Gasteiger partial charge in [0.2, 0.25) is 5.91 Å². The molecule has 0 saturated carbocycles. The van der Waals surface area contributed by atoms with Gasteiger partial charge in [-0.2, -0.15) is 5.26 Å². The average Bonchev–Trinajstić information content (AvgIpc) is 3.55. The van der Waals surface area contributed by atoms with Gasteiger partial charge in [0.25, 0.3) is 0 Å². The van der Waals surface area contributed by atoms with Crippen LogP contribution >= 0.6 is 34.5 Å². The van der Waals surface area contributed by atoms with E-state index in [1.54, 1.807) is 10.9 Å². The Morgan fingerprint density at radius 3 is 2.60 bits per heavy atom. The molecule has 2 N–H and O–H groups in total. The van der Waals surface area contributed by atoms with Crippen molar-refractivity contribution < 1.29 is 23.1 Å². The highest BCUT2D eigenvalue weighted by Gasteiger charge is 2.61. The maximum Gasteiger partial charge on any atom is 0.328 e. The van der Waals surface area contributed by atoms with Gasteiger partial charge < -0.3 is 15.4 Å². The molecule has 2 heterocycles. The maximum absolute atomic E-state index is 15.8. The maximum atomic E-state index is 15.8. The number of hydrogen-bond donors (Lipinski definition) is 2. The second-order valence-electron chi connectivity index (χ2n) is 11.5. The Labute approximate surface area is 257 Å². The van der Waals surface area contributed by atoms with Gasteiger partial charge in [0.1, 0.15) is 23.1 Å². The first-order valence-electron chi connectivity index (χ1n) is 13.1. The lowest BCUT2D eigenvalue weighted by atomic mass is 9.62. The number of methoxy groups -OCH3 is 1. The smallest absolute Gasteiger partial charge is 0.328 e. The predicted molar refractivity (Wildman–Crippen MR) is 157 cm³/mol. The van der Waals surface area contributed by atoms with E-state index in [2.05, 4.69) is 21.7 Å². The molecule has 7 nitrogen and oxygen atoms in total. The second kappa shape index (κ2) is 12.6. The normalized spacial score (nSPS) is 22.8. The summed E-state index contributed by atoms with van der Waals surface area (Å²) in [4.78, 5) is 31.0. The van der Waals surface area contributed by atoms with Gasteiger partial charge in [-0.1, -0.05) is 62.2 Å². The molecule has 222 valence electrons. The van der Waals surface area contributed by atoms with E-state index in [4.69, 9.17) is 27.9 Å². The fourth-order valence-corrected chi connectivity index (χ4v) is 6.61. The Hall–Kier alpha value is -3.10. The molecule has 0 spiro atoms. The third kappa shape index (κ3) is 6.30. The van der Waals surface area contributed by atoms with Gasteiger partial charge >= 0.3 is 5.97 Å². The van der Waals surface area contributed by atoms with E-state index in [0.29, 0.717) is 12.1 Å². The van der Waals surface area contributed by atoms with Gasteiger partial charge in [-0.25, -0.2) is 18.6 Å². The minimum absolute atomic E-state index is 0.0391. The van der Waals surface area contributed by atoms with E-state index in [9.17, 15) is 14.9 Å². The minimum Gasteiger partial charge on any atom is -0.467 e. The molecule has 0 radical (unpaired) electrons. The highest BCUT2D eigenvalue weighted by atomic mass is 35.5. The molecule has 1 aliphatic rings. The van der Waals surface area contributed by atoms with Crippen LogP contribution in [0.15, 0.2) is 47.3 Å². The number of halogens is 4. The van der Waals surface area contributed by atoms with Gasteiger partial charge in [0, 0.05) is 34.3 Å². The van der Waals surface area contributed by atoms with E-state index in [1.807, 2.05) is 20.8 Å². The number of amides is 1. The summed E-state index contributed by atoms with van der Waals surface area (Å²) < 4.78 is 36.5. The first-order chi connectivity index (χ1) is 19.8. The number of benzene rings is 2. The van der Waals surface area contributed by atoms with Crippen molar-refractivity contribution in [1.82, 2.24) is 15.6 Å². The van der Waals surface area contributed by atoms with E-state index < -0.39 is 58.4 Å². The SMILES string of the molecule is COC(=O)C(Cc1cscn1)NC(=O)[C@H]1N[C@H](CC(C)(C)C)[C@@](C#N)(c2ccc(Cl)cc2F)[C@@H]1c1cccc(Cl)c1F. The fourth-order valence-electron chi connectivity index (χ4n) is 5.70. The molecule has 3 aromatic rings. The molecule has 1 fully saturated rings. The topological polar surface area (TPSA) is 104 Å². The van der Waals surface area contributed by atoms with Gasteiger partial charge in [-0.15, -0.1) is 11.3 Å². The van der Waals surface area contributed by atoms with Crippen molar-refractivity contribution in [3.63, 3.8) is 0 Å². The molecule has 0 aliphatic carbocycles. The Morgan fingerprint density at radius 2 is 2.00 bits per heavy atom.